The second-order valence-electron chi connectivity index (χ2n) is 8.51. The molecule has 4 N–H and O–H groups in total. The fourth-order valence-corrected chi connectivity index (χ4v) is 3.09. The second-order valence-corrected chi connectivity index (χ2v) is 8.51. The van der Waals surface area contributed by atoms with E-state index in [2.05, 4.69) is 25.6 Å². The van der Waals surface area contributed by atoms with Crippen molar-refractivity contribution in [3.8, 4) is 5.88 Å². The summed E-state index contributed by atoms with van der Waals surface area (Å²) < 4.78 is 11.9. The topological polar surface area (TPSA) is 144 Å². The van der Waals surface area contributed by atoms with Crippen LogP contribution in [0.3, 0.4) is 0 Å². The van der Waals surface area contributed by atoms with Crippen molar-refractivity contribution in [2.75, 3.05) is 37.6 Å². The van der Waals surface area contributed by atoms with Crippen LogP contribution in [0.25, 0.3) is 10.8 Å². The number of fused-ring (bicyclic) bond motifs is 1. The second kappa shape index (κ2) is 10.6. The number of nitrogens with zero attached hydrogens (tertiary/aromatic N) is 4. The Hall–Kier alpha value is -3.28. The predicted octanol–water partition coefficient (Wildman–Crippen LogP) is 1.52. The molecule has 1 unspecified atom stereocenters. The highest BCUT2D eigenvalue weighted by molar-refractivity contribution is 5.93. The number of rotatable bonds is 10. The summed E-state index contributed by atoms with van der Waals surface area (Å²) in [5, 5.41) is 26.4. The third-order valence-electron chi connectivity index (χ3n) is 4.51. The molecule has 0 amide bonds. The van der Waals surface area contributed by atoms with Crippen LogP contribution in [0.5, 0.6) is 5.88 Å². The summed E-state index contributed by atoms with van der Waals surface area (Å²) in [5.41, 5.74) is -0.685. The third-order valence-corrected chi connectivity index (χ3v) is 4.51. The van der Waals surface area contributed by atoms with Crippen LogP contribution in [0.1, 0.15) is 20.8 Å². The van der Waals surface area contributed by atoms with Gasteiger partial charge in [-0.25, -0.2) is 15.0 Å². The summed E-state index contributed by atoms with van der Waals surface area (Å²) in [5.74, 6) is 1.74. The van der Waals surface area contributed by atoms with E-state index < -0.39 is 12.7 Å². The van der Waals surface area contributed by atoms with Gasteiger partial charge in [-0.3, -0.25) is 4.79 Å². The monoisotopic (exact) mass is 458 g/mol. The Bertz CT molecular complexity index is 1140. The van der Waals surface area contributed by atoms with Crippen LogP contribution in [0.15, 0.2) is 35.5 Å². The number of aliphatic hydroxyl groups is 2. The Balaban J connectivity index is 1.99. The Morgan fingerprint density at radius 2 is 1.97 bits per heavy atom. The summed E-state index contributed by atoms with van der Waals surface area (Å²) in [6, 6.07) is 5.15. The highest BCUT2D eigenvalue weighted by Gasteiger charge is 2.18. The highest BCUT2D eigenvalue weighted by Crippen LogP contribution is 2.26. The molecule has 0 aromatic carbocycles. The molecule has 0 saturated carbocycles. The molecule has 0 radical (unpaired) electrons. The molecule has 0 aliphatic heterocycles. The van der Waals surface area contributed by atoms with Gasteiger partial charge in [-0.1, -0.05) is 0 Å². The normalized spacial score (nSPS) is 12.5. The first-order valence-electron chi connectivity index (χ1n) is 10.5. The minimum atomic E-state index is -1.04. The van der Waals surface area contributed by atoms with Crippen LogP contribution in [0.4, 0.5) is 17.5 Å². The van der Waals surface area contributed by atoms with E-state index in [1.807, 2.05) is 20.8 Å². The van der Waals surface area contributed by atoms with Crippen molar-refractivity contribution in [3.05, 3.63) is 41.1 Å². The minimum absolute atomic E-state index is 0.0208. The lowest BCUT2D eigenvalue weighted by Crippen LogP contribution is -2.31. The third kappa shape index (κ3) is 6.60. The summed E-state index contributed by atoms with van der Waals surface area (Å²) in [6.45, 7) is 6.23. The predicted molar refractivity (Wildman–Crippen MR) is 125 cm³/mol. The quantitative estimate of drug-likeness (QED) is 0.330. The first-order valence-corrected chi connectivity index (χ1v) is 10.5. The van der Waals surface area contributed by atoms with Crippen molar-refractivity contribution in [2.24, 2.45) is 0 Å². The number of methoxy groups -OCH3 is 1. The molecule has 3 heterocycles. The maximum absolute atomic E-state index is 13.1. The van der Waals surface area contributed by atoms with Gasteiger partial charge >= 0.3 is 0 Å². The molecule has 0 bridgehead atoms. The van der Waals surface area contributed by atoms with Gasteiger partial charge < -0.3 is 34.9 Å². The number of ether oxygens (including phenoxy) is 2. The van der Waals surface area contributed by atoms with Crippen molar-refractivity contribution in [2.45, 2.75) is 39.0 Å². The zero-order valence-corrected chi connectivity index (χ0v) is 19.2. The van der Waals surface area contributed by atoms with Gasteiger partial charge in [-0.05, 0) is 38.3 Å². The lowest BCUT2D eigenvalue weighted by atomic mass is 10.1. The van der Waals surface area contributed by atoms with Gasteiger partial charge in [0.1, 0.15) is 30.4 Å². The molecule has 3 aromatic heterocycles. The molecule has 3 rings (SSSR count). The Kier molecular flexibility index (Phi) is 7.79. The van der Waals surface area contributed by atoms with Crippen molar-refractivity contribution < 1.29 is 19.7 Å². The molecule has 0 aliphatic rings. The summed E-state index contributed by atoms with van der Waals surface area (Å²) in [4.78, 5) is 26.1. The number of pyridine rings is 2. The molecule has 11 heteroatoms. The van der Waals surface area contributed by atoms with Crippen molar-refractivity contribution in [1.29, 1.82) is 0 Å². The molecular formula is C22H30N6O5. The van der Waals surface area contributed by atoms with E-state index in [9.17, 15) is 9.90 Å². The first kappa shape index (κ1) is 24.4. The van der Waals surface area contributed by atoms with Gasteiger partial charge in [-0.15, -0.1) is 0 Å². The highest BCUT2D eigenvalue weighted by atomic mass is 16.5. The molecule has 0 spiro atoms. The molecule has 1 atom stereocenters. The van der Waals surface area contributed by atoms with Crippen LogP contribution in [-0.4, -0.2) is 68.3 Å². The number of aliphatic hydroxyl groups excluding tert-OH is 2. The number of anilines is 3. The summed E-state index contributed by atoms with van der Waals surface area (Å²) in [6.07, 6.45) is 1.93. The molecule has 0 saturated heterocycles. The Morgan fingerprint density at radius 3 is 2.67 bits per heavy atom. The lowest BCUT2D eigenvalue weighted by Gasteiger charge is -2.23. The molecule has 3 aromatic rings. The summed E-state index contributed by atoms with van der Waals surface area (Å²) in [7, 11) is 1.59. The smallest absolute Gasteiger partial charge is 0.262 e. The van der Waals surface area contributed by atoms with Crippen LogP contribution >= 0.6 is 0 Å². The number of hydrogen-bond donors (Lipinski definition) is 4. The van der Waals surface area contributed by atoms with Crippen LogP contribution < -0.4 is 20.9 Å². The van der Waals surface area contributed by atoms with E-state index in [0.29, 0.717) is 47.3 Å². The molecule has 0 aliphatic carbocycles. The fourth-order valence-electron chi connectivity index (χ4n) is 3.09. The zero-order valence-electron chi connectivity index (χ0n) is 19.2. The van der Waals surface area contributed by atoms with Gasteiger partial charge in [-0.2, -0.15) is 0 Å². The zero-order chi connectivity index (χ0) is 24.0. The van der Waals surface area contributed by atoms with E-state index in [1.54, 1.807) is 31.5 Å². The maximum atomic E-state index is 13.1. The standard InChI is InChI=1S/C22H30N6O5/c1-22(2,3)27-20-19-14(5-6-28(21(19)31)11-15(30)12-29)9-17(26-20)25-16-10-18(24-13-23-16)33-8-7-32-4/h5-6,9-10,13,15,29-30H,7-8,11-12H2,1-4H3,(H2,23,24,25,26,27). The van der Waals surface area contributed by atoms with E-state index in [0.717, 1.165) is 0 Å². The largest absolute Gasteiger partial charge is 0.475 e. The van der Waals surface area contributed by atoms with E-state index in [4.69, 9.17) is 14.6 Å². The lowest BCUT2D eigenvalue weighted by molar-refractivity contribution is 0.0805. The van der Waals surface area contributed by atoms with Gasteiger partial charge in [0.2, 0.25) is 5.88 Å². The SMILES string of the molecule is COCCOc1cc(Nc2cc3ccn(CC(O)CO)c(=O)c3c(NC(C)(C)C)n2)ncn1. The van der Waals surface area contributed by atoms with Crippen molar-refractivity contribution in [1.82, 2.24) is 19.5 Å². The van der Waals surface area contributed by atoms with Gasteiger partial charge in [0.15, 0.2) is 0 Å². The minimum Gasteiger partial charge on any atom is -0.475 e. The first-order chi connectivity index (χ1) is 15.7. The van der Waals surface area contributed by atoms with Gasteiger partial charge in [0, 0.05) is 24.9 Å². The number of nitrogens with one attached hydrogen (secondary N) is 2. The number of aromatic nitrogens is 4. The molecule has 11 nitrogen and oxygen atoms in total. The van der Waals surface area contributed by atoms with Gasteiger partial charge in [0.05, 0.1) is 31.2 Å². The van der Waals surface area contributed by atoms with E-state index in [-0.39, 0.29) is 17.6 Å². The molecule has 0 fully saturated rings. The molecule has 178 valence electrons. The fraction of sp³-hybridized carbons (Fsp3) is 0.455. The maximum Gasteiger partial charge on any atom is 0.262 e. The number of hydrogen-bond acceptors (Lipinski definition) is 10. The van der Waals surface area contributed by atoms with Gasteiger partial charge in [0.25, 0.3) is 5.56 Å². The van der Waals surface area contributed by atoms with Crippen LogP contribution in [0.2, 0.25) is 0 Å². The Morgan fingerprint density at radius 1 is 1.18 bits per heavy atom. The van der Waals surface area contributed by atoms with E-state index in [1.165, 1.54) is 10.9 Å². The average Bonchev–Trinajstić information content (AvgIpc) is 2.75. The van der Waals surface area contributed by atoms with E-state index >= 15 is 0 Å². The van der Waals surface area contributed by atoms with Crippen molar-refractivity contribution in [3.63, 3.8) is 0 Å². The molecule has 33 heavy (non-hydrogen) atoms. The Labute approximate surface area is 191 Å². The summed E-state index contributed by atoms with van der Waals surface area (Å²) >= 11 is 0. The average molecular weight is 459 g/mol. The van der Waals surface area contributed by atoms with Crippen LogP contribution in [0, 0.1) is 0 Å². The van der Waals surface area contributed by atoms with Crippen LogP contribution in [-0.2, 0) is 11.3 Å². The van der Waals surface area contributed by atoms with Crippen molar-refractivity contribution >= 4 is 28.2 Å². The molecular weight excluding hydrogens is 428 g/mol.